The van der Waals surface area contributed by atoms with E-state index in [-0.39, 0.29) is 45.7 Å². The van der Waals surface area contributed by atoms with Gasteiger partial charge < -0.3 is 61.5 Å². The summed E-state index contributed by atoms with van der Waals surface area (Å²) in [5.74, 6) is 1.94. The summed E-state index contributed by atoms with van der Waals surface area (Å²) in [7, 11) is 0. The summed E-state index contributed by atoms with van der Waals surface area (Å²) >= 11 is 0. The molecular formula is C72H80N8O8. The SMILES string of the molecule is Cc1ccccc1NC(=O)Nc1cc(NC(=O)Nc2ccccc2C)c2cc1Oc1cc(c(C(C)(C)C)cc1C(C)(C)C)Oc1cc(c(NC(=O)Nc3ccccc3C)cc1NC(=O)Nc1ccccc1C)Oc1cc(c(C(C)(C)C)cc1C(C)(C)C)O2. The van der Waals surface area contributed by atoms with E-state index in [9.17, 15) is 19.2 Å². The molecular weight excluding hydrogens is 1100 g/mol. The van der Waals surface area contributed by atoms with Gasteiger partial charge in [0, 0.05) is 69.3 Å². The predicted molar refractivity (Wildman–Crippen MR) is 356 cm³/mol. The van der Waals surface area contributed by atoms with E-state index in [1.807, 2.05) is 113 Å². The van der Waals surface area contributed by atoms with Crippen molar-refractivity contribution in [2.24, 2.45) is 0 Å². The second-order valence-electron chi connectivity index (χ2n) is 26.4. The molecule has 0 aromatic heterocycles. The van der Waals surface area contributed by atoms with Gasteiger partial charge in [-0.05, 0) is 120 Å². The Morgan fingerprint density at radius 1 is 0.250 bits per heavy atom. The molecule has 0 saturated heterocycles. The number of hydrogen-bond donors (Lipinski definition) is 8. The van der Waals surface area contributed by atoms with Crippen LogP contribution in [0.15, 0.2) is 146 Å². The van der Waals surface area contributed by atoms with Crippen LogP contribution in [0.5, 0.6) is 46.0 Å². The van der Waals surface area contributed by atoms with Crippen LogP contribution in [0.4, 0.5) is 64.7 Å². The fourth-order valence-corrected chi connectivity index (χ4v) is 10.1. The second kappa shape index (κ2) is 24.8. The molecule has 0 spiro atoms. The third-order valence-electron chi connectivity index (χ3n) is 15.0. The lowest BCUT2D eigenvalue weighted by Crippen LogP contribution is -2.23. The molecule has 1 aliphatic rings. The summed E-state index contributed by atoms with van der Waals surface area (Å²) in [6.45, 7) is 32.5. The highest BCUT2D eigenvalue weighted by Gasteiger charge is 2.33. The molecule has 0 radical (unpaired) electrons. The largest absolute Gasteiger partial charge is 0.455 e. The Balaban J connectivity index is 1.33. The Bertz CT molecular complexity index is 3510. The van der Waals surface area contributed by atoms with Gasteiger partial charge in [-0.1, -0.05) is 156 Å². The Morgan fingerprint density at radius 2 is 0.432 bits per heavy atom. The molecule has 8 bridgehead atoms. The molecule has 88 heavy (non-hydrogen) atoms. The first kappa shape index (κ1) is 62.6. The van der Waals surface area contributed by atoms with Gasteiger partial charge >= 0.3 is 24.1 Å². The van der Waals surface area contributed by atoms with E-state index in [0.717, 1.165) is 44.5 Å². The van der Waals surface area contributed by atoms with Crippen molar-refractivity contribution in [2.75, 3.05) is 42.5 Å². The number of carbonyl (C=O) groups excluding carboxylic acids is 4. The number of fused-ring (bicyclic) bond motifs is 8. The van der Waals surface area contributed by atoms with Gasteiger partial charge in [0.1, 0.15) is 23.0 Å². The normalized spacial score (nSPS) is 12.2. The molecule has 8 aromatic rings. The van der Waals surface area contributed by atoms with E-state index in [2.05, 4.69) is 126 Å². The smallest absolute Gasteiger partial charge is 0.323 e. The average Bonchev–Trinajstić information content (AvgIpc) is 2.12. The maximum Gasteiger partial charge on any atom is 0.323 e. The molecule has 8 aromatic carbocycles. The van der Waals surface area contributed by atoms with Crippen LogP contribution < -0.4 is 61.5 Å². The van der Waals surface area contributed by atoms with Gasteiger partial charge in [0.15, 0.2) is 23.0 Å². The highest BCUT2D eigenvalue weighted by atomic mass is 16.5. The van der Waals surface area contributed by atoms with Gasteiger partial charge in [0.25, 0.3) is 0 Å². The third-order valence-corrected chi connectivity index (χ3v) is 15.0. The molecule has 0 unspecified atom stereocenters. The Labute approximate surface area is 516 Å². The molecule has 1 heterocycles. The lowest BCUT2D eigenvalue weighted by Gasteiger charge is -2.31. The number of carbonyl (C=O) groups is 4. The molecule has 16 heteroatoms. The van der Waals surface area contributed by atoms with Crippen LogP contribution in [0.3, 0.4) is 0 Å². The first-order valence-electron chi connectivity index (χ1n) is 29.4. The van der Waals surface area contributed by atoms with Crippen molar-refractivity contribution >= 4 is 69.6 Å². The zero-order chi connectivity index (χ0) is 63.6. The first-order chi connectivity index (χ1) is 41.4. The minimum absolute atomic E-state index is 0.142. The van der Waals surface area contributed by atoms with Gasteiger partial charge in [0.05, 0.1) is 22.7 Å². The van der Waals surface area contributed by atoms with Crippen molar-refractivity contribution in [3.05, 3.63) is 190 Å². The quantitative estimate of drug-likeness (QED) is 0.0734. The summed E-state index contributed by atoms with van der Waals surface area (Å²) in [5.41, 5.74) is 7.19. The van der Waals surface area contributed by atoms with Gasteiger partial charge in [0.2, 0.25) is 0 Å². The van der Waals surface area contributed by atoms with Crippen LogP contribution >= 0.6 is 0 Å². The third kappa shape index (κ3) is 14.8. The summed E-state index contributed by atoms with van der Waals surface area (Å²) in [6.07, 6.45) is 0. The molecule has 8 N–H and O–H groups in total. The van der Waals surface area contributed by atoms with E-state index < -0.39 is 45.8 Å². The summed E-state index contributed by atoms with van der Waals surface area (Å²) in [6, 6.07) is 41.5. The highest BCUT2D eigenvalue weighted by molar-refractivity contribution is 6.06. The average molecular weight is 1190 g/mol. The molecule has 8 amide bonds. The number of nitrogens with one attached hydrogen (secondary N) is 8. The number of anilines is 8. The van der Waals surface area contributed by atoms with Crippen molar-refractivity contribution in [2.45, 2.75) is 132 Å². The summed E-state index contributed by atoms with van der Waals surface area (Å²) < 4.78 is 28.9. The van der Waals surface area contributed by atoms with Crippen molar-refractivity contribution < 1.29 is 38.1 Å². The molecule has 0 atom stereocenters. The molecule has 9 rings (SSSR count). The van der Waals surface area contributed by atoms with E-state index >= 15 is 0 Å². The minimum Gasteiger partial charge on any atom is -0.455 e. The second-order valence-corrected chi connectivity index (χ2v) is 26.4. The van der Waals surface area contributed by atoms with E-state index in [4.69, 9.17) is 18.9 Å². The van der Waals surface area contributed by atoms with Gasteiger partial charge in [-0.3, -0.25) is 0 Å². The number of urea groups is 4. The number of para-hydroxylation sites is 4. The Kier molecular flexibility index (Phi) is 17.6. The first-order valence-corrected chi connectivity index (χ1v) is 29.4. The Hall–Kier alpha value is -9.96. The standard InChI is InChI=1S/C72H80N8O8/c1-41-25-17-21-29-49(41)73-65(81)77-53-35-54(78-66(82)74-50-30-22-18-26-42(50)2)62-39-61(53)85-57-37-58(46(70(8,9)10)33-45(57)69(5,6)7)87-63-40-64(88-60-38-59(86-62)47(71(11,12)13)34-48(60)72(14,15)16)56(80-68(84)76-52-32-24-20-28-44(52)4)36-55(63)79-67(83)75-51-31-23-19-27-43(51)3/h17-40H,1-16H3,(H2,73,77,81)(H2,74,78,82)(H2,75,79,83)(H2,76,80,84). The van der Waals surface area contributed by atoms with E-state index in [1.165, 1.54) is 0 Å². The molecule has 0 aliphatic carbocycles. The lowest BCUT2D eigenvalue weighted by atomic mass is 9.79. The molecule has 16 nitrogen and oxygen atoms in total. The fourth-order valence-electron chi connectivity index (χ4n) is 10.1. The van der Waals surface area contributed by atoms with Crippen molar-refractivity contribution in [3.8, 4) is 46.0 Å². The van der Waals surface area contributed by atoms with Crippen molar-refractivity contribution in [1.82, 2.24) is 0 Å². The molecule has 1 aliphatic heterocycles. The number of benzene rings is 8. The van der Waals surface area contributed by atoms with Crippen molar-refractivity contribution in [3.63, 3.8) is 0 Å². The predicted octanol–water partition coefficient (Wildman–Crippen LogP) is 20.2. The number of hydrogen-bond acceptors (Lipinski definition) is 8. The fraction of sp³-hybridized carbons (Fsp3) is 0.278. The monoisotopic (exact) mass is 1180 g/mol. The zero-order valence-electron chi connectivity index (χ0n) is 53.1. The summed E-state index contributed by atoms with van der Waals surface area (Å²) in [5, 5.41) is 24.1. The maximum absolute atomic E-state index is 14.4. The van der Waals surface area contributed by atoms with E-state index in [0.29, 0.717) is 45.7 Å². The van der Waals surface area contributed by atoms with Gasteiger partial charge in [-0.15, -0.1) is 0 Å². The van der Waals surface area contributed by atoms with Crippen LogP contribution in [-0.4, -0.2) is 24.1 Å². The molecule has 0 saturated carbocycles. The Morgan fingerprint density at radius 3 is 0.625 bits per heavy atom. The number of ether oxygens (including phenoxy) is 4. The number of amides is 8. The summed E-state index contributed by atoms with van der Waals surface area (Å²) in [4.78, 5) is 57.5. The molecule has 0 fully saturated rings. The minimum atomic E-state index is -0.587. The zero-order valence-corrected chi connectivity index (χ0v) is 53.1. The highest BCUT2D eigenvalue weighted by Crippen LogP contribution is 2.52. The molecule has 456 valence electrons. The van der Waals surface area contributed by atoms with E-state index in [1.54, 1.807) is 60.7 Å². The van der Waals surface area contributed by atoms with Gasteiger partial charge in [-0.2, -0.15) is 0 Å². The van der Waals surface area contributed by atoms with Crippen LogP contribution in [0, 0.1) is 27.7 Å². The van der Waals surface area contributed by atoms with Gasteiger partial charge in [-0.25, -0.2) is 19.2 Å². The van der Waals surface area contributed by atoms with Crippen LogP contribution in [0.1, 0.15) is 128 Å². The van der Waals surface area contributed by atoms with Crippen LogP contribution in [-0.2, 0) is 21.7 Å². The topological polar surface area (TPSA) is 201 Å². The van der Waals surface area contributed by atoms with Crippen LogP contribution in [0.25, 0.3) is 0 Å². The van der Waals surface area contributed by atoms with Crippen molar-refractivity contribution in [1.29, 1.82) is 0 Å². The number of rotatable bonds is 8. The maximum atomic E-state index is 14.4. The van der Waals surface area contributed by atoms with Crippen LogP contribution in [0.2, 0.25) is 0 Å². The number of aryl methyl sites for hydroxylation is 4. The lowest BCUT2D eigenvalue weighted by molar-refractivity contribution is 0.261.